The van der Waals surface area contributed by atoms with Gasteiger partial charge in [-0.1, -0.05) is 6.07 Å². The minimum atomic E-state index is -4.43. The maximum absolute atomic E-state index is 13.5. The number of nitrogens with zero attached hydrogens (tertiary/aromatic N) is 1. The van der Waals surface area contributed by atoms with E-state index < -0.39 is 17.3 Å². The number of anilines is 1. The number of carbonyl (C=O) groups is 1. The molecular formula is C28H25F3N4O3. The van der Waals surface area contributed by atoms with Gasteiger partial charge in [0.2, 0.25) is 5.91 Å². The van der Waals surface area contributed by atoms with Gasteiger partial charge in [-0.2, -0.15) is 13.2 Å². The van der Waals surface area contributed by atoms with Crippen LogP contribution in [0.1, 0.15) is 53.0 Å². The highest BCUT2D eigenvalue weighted by molar-refractivity contribution is 5.93. The molecule has 4 N–H and O–H groups in total. The Morgan fingerprint density at radius 2 is 2.00 bits per heavy atom. The Morgan fingerprint density at radius 3 is 2.79 bits per heavy atom. The van der Waals surface area contributed by atoms with Crippen molar-refractivity contribution < 1.29 is 27.4 Å². The Kier molecular flexibility index (Phi) is 5.06. The first-order valence-corrected chi connectivity index (χ1v) is 12.7. The highest BCUT2D eigenvalue weighted by Gasteiger charge is 2.58. The number of carbonyl (C=O) groups excluding carboxylic acids is 1. The SMILES string of the molecule is NC1(c2cc(CNC3C4Oc5ccc(Oc6ccnc7c6CCC(=O)N7)cc5C34)cc(C(F)(F)F)c2)CC1. The summed E-state index contributed by atoms with van der Waals surface area (Å²) in [4.78, 5) is 15.9. The van der Waals surface area contributed by atoms with E-state index in [1.165, 1.54) is 12.1 Å². The van der Waals surface area contributed by atoms with E-state index in [1.54, 1.807) is 18.3 Å². The summed E-state index contributed by atoms with van der Waals surface area (Å²) in [5.74, 6) is 2.62. The summed E-state index contributed by atoms with van der Waals surface area (Å²) in [6.07, 6.45) is -0.577. The molecule has 0 saturated heterocycles. The average molecular weight is 523 g/mol. The number of amides is 1. The van der Waals surface area contributed by atoms with Gasteiger partial charge in [-0.15, -0.1) is 0 Å². The molecule has 2 saturated carbocycles. The van der Waals surface area contributed by atoms with Crippen LogP contribution in [0.15, 0.2) is 48.7 Å². The molecule has 38 heavy (non-hydrogen) atoms. The maximum atomic E-state index is 13.5. The molecule has 1 amide bonds. The van der Waals surface area contributed by atoms with Crippen LogP contribution >= 0.6 is 0 Å². The first-order valence-electron chi connectivity index (χ1n) is 12.7. The van der Waals surface area contributed by atoms with E-state index in [9.17, 15) is 18.0 Å². The molecule has 3 heterocycles. The molecule has 2 aliphatic carbocycles. The number of rotatable bonds is 6. The van der Waals surface area contributed by atoms with Crippen LogP contribution in [0.3, 0.4) is 0 Å². The largest absolute Gasteiger partial charge is 0.488 e. The summed E-state index contributed by atoms with van der Waals surface area (Å²) >= 11 is 0. The van der Waals surface area contributed by atoms with Crippen molar-refractivity contribution in [3.05, 3.63) is 76.5 Å². The van der Waals surface area contributed by atoms with Crippen LogP contribution in [0, 0.1) is 0 Å². The molecule has 2 aromatic carbocycles. The van der Waals surface area contributed by atoms with Crippen molar-refractivity contribution in [2.75, 3.05) is 5.32 Å². The second-order valence-electron chi connectivity index (χ2n) is 10.6. The van der Waals surface area contributed by atoms with Crippen molar-refractivity contribution in [3.63, 3.8) is 0 Å². The number of hydrogen-bond donors (Lipinski definition) is 3. The fourth-order valence-electron chi connectivity index (χ4n) is 5.53. The van der Waals surface area contributed by atoms with Crippen molar-refractivity contribution in [1.82, 2.24) is 10.3 Å². The minimum Gasteiger partial charge on any atom is -0.488 e. The molecule has 0 spiro atoms. The number of fused-ring (bicyclic) bond motifs is 4. The van der Waals surface area contributed by atoms with E-state index in [-0.39, 0.29) is 30.5 Å². The van der Waals surface area contributed by atoms with E-state index in [1.807, 2.05) is 18.2 Å². The number of aromatic nitrogens is 1. The molecule has 3 unspecified atom stereocenters. The lowest BCUT2D eigenvalue weighted by Gasteiger charge is -2.19. The highest BCUT2D eigenvalue weighted by Crippen LogP contribution is 2.55. The van der Waals surface area contributed by atoms with Gasteiger partial charge in [0, 0.05) is 41.7 Å². The standard InChI is InChI=1S/C28H25F3N4O3/c29-28(30,31)16-10-14(9-15(11-16)27(32)6-7-27)13-34-24-23-19-12-17(1-3-20(19)38-25(23)24)37-21-5-8-33-26-18(21)2-4-22(36)35-26/h1,3,5,8-12,23-25,34H,2,4,6-7,13,32H2,(H,33,35,36). The molecule has 2 fully saturated rings. The average Bonchev–Trinajstić information content (AvgIpc) is 3.76. The fraction of sp³-hybridized carbons (Fsp3) is 0.357. The third-order valence-electron chi connectivity index (χ3n) is 7.88. The van der Waals surface area contributed by atoms with Gasteiger partial charge < -0.3 is 25.8 Å². The zero-order chi connectivity index (χ0) is 26.2. The second kappa shape index (κ2) is 8.18. The van der Waals surface area contributed by atoms with E-state index in [2.05, 4.69) is 15.6 Å². The number of benzene rings is 2. The van der Waals surface area contributed by atoms with Crippen LogP contribution in [0.4, 0.5) is 19.0 Å². The predicted molar refractivity (Wildman–Crippen MR) is 132 cm³/mol. The third-order valence-corrected chi connectivity index (χ3v) is 7.88. The second-order valence-corrected chi connectivity index (χ2v) is 10.6. The maximum Gasteiger partial charge on any atom is 0.416 e. The van der Waals surface area contributed by atoms with Gasteiger partial charge in [0.25, 0.3) is 0 Å². The number of pyridine rings is 1. The Hall–Kier alpha value is -3.63. The van der Waals surface area contributed by atoms with Gasteiger partial charge >= 0.3 is 6.18 Å². The monoisotopic (exact) mass is 522 g/mol. The zero-order valence-corrected chi connectivity index (χ0v) is 20.3. The van der Waals surface area contributed by atoms with Crippen molar-refractivity contribution in [2.24, 2.45) is 5.73 Å². The first-order chi connectivity index (χ1) is 18.2. The number of nitrogens with two attached hydrogens (primary N) is 1. The Balaban J connectivity index is 1.07. The summed E-state index contributed by atoms with van der Waals surface area (Å²) in [7, 11) is 0. The van der Waals surface area contributed by atoms with E-state index >= 15 is 0 Å². The van der Waals surface area contributed by atoms with Gasteiger partial charge in [-0.05, 0) is 66.8 Å². The summed E-state index contributed by atoms with van der Waals surface area (Å²) < 4.78 is 52.8. The van der Waals surface area contributed by atoms with Crippen LogP contribution in [0.2, 0.25) is 0 Å². The summed E-state index contributed by atoms with van der Waals surface area (Å²) in [5, 5.41) is 6.16. The van der Waals surface area contributed by atoms with Gasteiger partial charge in [0.15, 0.2) is 0 Å². The van der Waals surface area contributed by atoms with E-state index in [0.29, 0.717) is 54.1 Å². The Bertz CT molecular complexity index is 1450. The third kappa shape index (κ3) is 4.08. The van der Waals surface area contributed by atoms with Crippen LogP contribution in [-0.4, -0.2) is 23.0 Å². The minimum absolute atomic E-state index is 0.00704. The molecule has 2 aliphatic heterocycles. The van der Waals surface area contributed by atoms with Crippen LogP contribution < -0.4 is 25.8 Å². The number of hydrogen-bond acceptors (Lipinski definition) is 6. The van der Waals surface area contributed by atoms with E-state index in [4.69, 9.17) is 15.2 Å². The molecule has 7 rings (SSSR count). The van der Waals surface area contributed by atoms with Gasteiger partial charge in [-0.3, -0.25) is 4.79 Å². The number of halogens is 3. The molecule has 10 heteroatoms. The molecule has 0 radical (unpaired) electrons. The van der Waals surface area contributed by atoms with Crippen molar-refractivity contribution in [3.8, 4) is 17.2 Å². The summed E-state index contributed by atoms with van der Waals surface area (Å²) in [6, 6.07) is 11.6. The number of nitrogens with one attached hydrogen (secondary N) is 2. The quantitative estimate of drug-likeness (QED) is 0.433. The molecule has 3 atom stereocenters. The fourth-order valence-corrected chi connectivity index (χ4v) is 5.53. The van der Waals surface area contributed by atoms with Crippen LogP contribution in [-0.2, 0) is 29.5 Å². The normalized spacial score (nSPS) is 24.0. The lowest BCUT2D eigenvalue weighted by atomic mass is 9.98. The van der Waals surface area contributed by atoms with Crippen LogP contribution in [0.25, 0.3) is 0 Å². The topological polar surface area (TPSA) is 98.5 Å². The lowest BCUT2D eigenvalue weighted by molar-refractivity contribution is -0.137. The molecule has 3 aromatic rings. The number of ether oxygens (including phenoxy) is 2. The summed E-state index contributed by atoms with van der Waals surface area (Å²) in [6.45, 7) is 0.286. The lowest BCUT2D eigenvalue weighted by Crippen LogP contribution is -2.24. The molecule has 0 bridgehead atoms. The number of alkyl halides is 3. The predicted octanol–water partition coefficient (Wildman–Crippen LogP) is 4.74. The van der Waals surface area contributed by atoms with E-state index in [0.717, 1.165) is 16.9 Å². The van der Waals surface area contributed by atoms with Crippen LogP contribution in [0.5, 0.6) is 17.2 Å². The van der Waals surface area contributed by atoms with Crippen molar-refractivity contribution in [1.29, 1.82) is 0 Å². The highest BCUT2D eigenvalue weighted by atomic mass is 19.4. The molecule has 196 valence electrons. The van der Waals surface area contributed by atoms with Gasteiger partial charge in [0.05, 0.1) is 11.6 Å². The molecule has 4 aliphatic rings. The molecule has 7 nitrogen and oxygen atoms in total. The van der Waals surface area contributed by atoms with Crippen molar-refractivity contribution >= 4 is 11.7 Å². The smallest absolute Gasteiger partial charge is 0.416 e. The molecule has 1 aromatic heterocycles. The Morgan fingerprint density at radius 1 is 1.16 bits per heavy atom. The summed E-state index contributed by atoms with van der Waals surface area (Å²) in [5.41, 5.74) is 7.87. The van der Waals surface area contributed by atoms with Gasteiger partial charge in [-0.25, -0.2) is 4.98 Å². The van der Waals surface area contributed by atoms with Crippen molar-refractivity contribution in [2.45, 2.75) is 62.0 Å². The zero-order valence-electron chi connectivity index (χ0n) is 20.3. The van der Waals surface area contributed by atoms with Gasteiger partial charge in [0.1, 0.15) is 29.2 Å². The molecular weight excluding hydrogens is 497 g/mol. The first kappa shape index (κ1) is 23.5. The Labute approximate surface area is 216 Å².